The van der Waals surface area contributed by atoms with Crippen molar-refractivity contribution >= 4 is 5.91 Å². The lowest BCUT2D eigenvalue weighted by molar-refractivity contribution is -0.123. The minimum Gasteiger partial charge on any atom is -0.346 e. The van der Waals surface area contributed by atoms with Gasteiger partial charge in [0.1, 0.15) is 12.2 Å². The molecule has 1 aromatic heterocycles. The third kappa shape index (κ3) is 4.53. The number of hydrogen-bond acceptors (Lipinski definition) is 4. The van der Waals surface area contributed by atoms with Crippen LogP contribution in [0.15, 0.2) is 6.33 Å². The van der Waals surface area contributed by atoms with E-state index in [1.54, 1.807) is 6.33 Å². The summed E-state index contributed by atoms with van der Waals surface area (Å²) in [6.07, 6.45) is 5.65. The third-order valence-corrected chi connectivity index (χ3v) is 4.43. The van der Waals surface area contributed by atoms with Gasteiger partial charge < -0.3 is 10.2 Å². The highest BCUT2D eigenvalue weighted by Crippen LogP contribution is 2.21. The Kier molecular flexibility index (Phi) is 6.36. The molecule has 6 heteroatoms. The highest BCUT2D eigenvalue weighted by Gasteiger charge is 2.22. The number of carbonyl (C=O) groups is 1. The lowest BCUT2D eigenvalue weighted by atomic mass is 9.93. The van der Waals surface area contributed by atoms with Crippen molar-refractivity contribution in [2.75, 3.05) is 19.6 Å². The van der Waals surface area contributed by atoms with Crippen LogP contribution in [0.4, 0.5) is 0 Å². The number of piperidine rings is 1. The Morgan fingerprint density at radius 3 is 2.77 bits per heavy atom. The van der Waals surface area contributed by atoms with Crippen LogP contribution in [0, 0.1) is 5.92 Å². The molecule has 1 aromatic rings. The monoisotopic (exact) mass is 307 g/mol. The van der Waals surface area contributed by atoms with Gasteiger partial charge in [-0.1, -0.05) is 6.92 Å². The van der Waals surface area contributed by atoms with Gasteiger partial charge in [-0.2, -0.15) is 5.10 Å². The van der Waals surface area contributed by atoms with E-state index >= 15 is 0 Å². The molecule has 0 aromatic carbocycles. The molecule has 1 aliphatic heterocycles. The van der Waals surface area contributed by atoms with E-state index < -0.39 is 0 Å². The minimum absolute atomic E-state index is 0.0878. The molecule has 2 heterocycles. The molecule has 1 fully saturated rings. The van der Waals surface area contributed by atoms with E-state index in [2.05, 4.69) is 27.2 Å². The summed E-state index contributed by atoms with van der Waals surface area (Å²) in [6.45, 7) is 10.4. The van der Waals surface area contributed by atoms with Crippen LogP contribution in [-0.4, -0.2) is 45.2 Å². The van der Waals surface area contributed by atoms with E-state index in [0.29, 0.717) is 12.3 Å². The van der Waals surface area contributed by atoms with Gasteiger partial charge in [0, 0.05) is 13.0 Å². The first-order valence-electron chi connectivity index (χ1n) is 8.53. The van der Waals surface area contributed by atoms with Crippen molar-refractivity contribution in [1.82, 2.24) is 25.0 Å². The zero-order valence-corrected chi connectivity index (χ0v) is 14.1. The predicted molar refractivity (Wildman–Crippen MR) is 86.3 cm³/mol. The Labute approximate surface area is 133 Å². The lowest BCUT2D eigenvalue weighted by Crippen LogP contribution is -2.37. The van der Waals surface area contributed by atoms with E-state index in [1.807, 2.05) is 18.5 Å². The molecule has 1 aliphatic rings. The Balaban J connectivity index is 1.76. The molecule has 0 unspecified atom stereocenters. The molecule has 0 saturated carbocycles. The van der Waals surface area contributed by atoms with Crippen molar-refractivity contribution < 1.29 is 4.79 Å². The molecule has 0 aliphatic carbocycles. The number of amides is 1. The molecule has 1 N–H and O–H groups in total. The fraction of sp³-hybridized carbons (Fsp3) is 0.812. The number of aryl methyl sites for hydroxylation is 1. The Morgan fingerprint density at radius 1 is 1.41 bits per heavy atom. The summed E-state index contributed by atoms with van der Waals surface area (Å²) in [5.41, 5.74) is 0. The van der Waals surface area contributed by atoms with Crippen molar-refractivity contribution in [3.8, 4) is 0 Å². The van der Waals surface area contributed by atoms with E-state index in [1.165, 1.54) is 13.0 Å². The first kappa shape index (κ1) is 16.9. The molecule has 6 nitrogen and oxygen atoms in total. The van der Waals surface area contributed by atoms with E-state index in [0.717, 1.165) is 38.3 Å². The Hall–Kier alpha value is -1.43. The minimum atomic E-state index is -0.0878. The summed E-state index contributed by atoms with van der Waals surface area (Å²) >= 11 is 0. The maximum Gasteiger partial charge on any atom is 0.220 e. The molecule has 22 heavy (non-hydrogen) atoms. The average molecular weight is 307 g/mol. The first-order chi connectivity index (χ1) is 10.6. The van der Waals surface area contributed by atoms with E-state index in [9.17, 15) is 4.79 Å². The zero-order chi connectivity index (χ0) is 15.9. The molecule has 0 radical (unpaired) electrons. The zero-order valence-electron chi connectivity index (χ0n) is 14.1. The molecule has 0 spiro atoms. The van der Waals surface area contributed by atoms with Crippen molar-refractivity contribution in [2.24, 2.45) is 5.92 Å². The second kappa shape index (κ2) is 8.27. The molecular formula is C16H29N5O. The Bertz CT molecular complexity index is 465. The number of nitrogens with one attached hydrogen (secondary N) is 1. The summed E-state index contributed by atoms with van der Waals surface area (Å²) < 4.78 is 1.83. The summed E-state index contributed by atoms with van der Waals surface area (Å²) in [5, 5.41) is 7.22. The van der Waals surface area contributed by atoms with E-state index in [4.69, 9.17) is 0 Å². The maximum absolute atomic E-state index is 12.2. The summed E-state index contributed by atoms with van der Waals surface area (Å²) in [7, 11) is 0. The van der Waals surface area contributed by atoms with Gasteiger partial charge in [0.15, 0.2) is 0 Å². The molecule has 1 atom stereocenters. The molecular weight excluding hydrogens is 278 g/mol. The van der Waals surface area contributed by atoms with Gasteiger partial charge in [0.05, 0.1) is 6.04 Å². The van der Waals surface area contributed by atoms with E-state index in [-0.39, 0.29) is 11.9 Å². The number of aromatic nitrogens is 3. The van der Waals surface area contributed by atoms with Gasteiger partial charge >= 0.3 is 0 Å². The molecule has 2 rings (SSSR count). The maximum atomic E-state index is 12.2. The van der Waals surface area contributed by atoms with Gasteiger partial charge in [-0.25, -0.2) is 9.67 Å². The van der Waals surface area contributed by atoms with Crippen molar-refractivity contribution in [3.63, 3.8) is 0 Å². The number of rotatable bonds is 7. The first-order valence-corrected chi connectivity index (χ1v) is 8.53. The van der Waals surface area contributed by atoms with Crippen molar-refractivity contribution in [3.05, 3.63) is 12.2 Å². The second-order valence-corrected chi connectivity index (χ2v) is 6.21. The second-order valence-electron chi connectivity index (χ2n) is 6.21. The fourth-order valence-corrected chi connectivity index (χ4v) is 3.21. The largest absolute Gasteiger partial charge is 0.346 e. The summed E-state index contributed by atoms with van der Waals surface area (Å²) in [6, 6.07) is -0.0878. The van der Waals surface area contributed by atoms with Crippen LogP contribution in [0.3, 0.4) is 0 Å². The summed E-state index contributed by atoms with van der Waals surface area (Å²) in [5.74, 6) is 1.48. The van der Waals surface area contributed by atoms with Crippen LogP contribution in [-0.2, 0) is 11.3 Å². The van der Waals surface area contributed by atoms with Gasteiger partial charge in [-0.05, 0) is 58.7 Å². The number of hydrogen-bond donors (Lipinski definition) is 1. The van der Waals surface area contributed by atoms with Crippen LogP contribution >= 0.6 is 0 Å². The van der Waals surface area contributed by atoms with Crippen molar-refractivity contribution in [2.45, 2.75) is 59.0 Å². The molecule has 1 saturated heterocycles. The lowest BCUT2D eigenvalue weighted by Gasteiger charge is -2.31. The summed E-state index contributed by atoms with van der Waals surface area (Å²) in [4.78, 5) is 19.0. The quantitative estimate of drug-likeness (QED) is 0.837. The fourth-order valence-electron chi connectivity index (χ4n) is 3.21. The standard InChI is InChI=1S/C16H29N5O/c1-4-8-20-9-6-14(7-10-20)11-15(22)19-13(3)16-17-12-18-21(16)5-2/h12-14H,4-11H2,1-3H3,(H,19,22)/t13-/m0/s1. The SMILES string of the molecule is CCCN1CCC(CC(=O)N[C@@H](C)c2ncnn2CC)CC1. The van der Waals surface area contributed by atoms with Crippen molar-refractivity contribution in [1.29, 1.82) is 0 Å². The van der Waals surface area contributed by atoms with Gasteiger partial charge in [-0.3, -0.25) is 4.79 Å². The van der Waals surface area contributed by atoms with Gasteiger partial charge in [-0.15, -0.1) is 0 Å². The number of nitrogens with zero attached hydrogens (tertiary/aromatic N) is 4. The van der Waals surface area contributed by atoms with Crippen LogP contribution in [0.5, 0.6) is 0 Å². The number of likely N-dealkylation sites (tertiary alicyclic amines) is 1. The molecule has 0 bridgehead atoms. The van der Waals surface area contributed by atoms with Crippen LogP contribution < -0.4 is 5.32 Å². The number of carbonyl (C=O) groups excluding carboxylic acids is 1. The third-order valence-electron chi connectivity index (χ3n) is 4.43. The average Bonchev–Trinajstić information content (AvgIpc) is 2.98. The van der Waals surface area contributed by atoms with Crippen LogP contribution in [0.1, 0.15) is 58.3 Å². The smallest absolute Gasteiger partial charge is 0.220 e. The van der Waals surface area contributed by atoms with Gasteiger partial charge in [0.2, 0.25) is 5.91 Å². The highest BCUT2D eigenvalue weighted by atomic mass is 16.1. The Morgan fingerprint density at radius 2 is 2.14 bits per heavy atom. The predicted octanol–water partition coefficient (Wildman–Crippen LogP) is 1.99. The van der Waals surface area contributed by atoms with Gasteiger partial charge in [0.25, 0.3) is 0 Å². The topological polar surface area (TPSA) is 63.1 Å². The molecule has 1 amide bonds. The normalized spacial score (nSPS) is 18.3. The molecule has 124 valence electrons. The van der Waals surface area contributed by atoms with Crippen LogP contribution in [0.25, 0.3) is 0 Å². The van der Waals surface area contributed by atoms with Crippen LogP contribution in [0.2, 0.25) is 0 Å². The highest BCUT2D eigenvalue weighted by molar-refractivity contribution is 5.76.